The highest BCUT2D eigenvalue weighted by Gasteiger charge is 2.24. The quantitative estimate of drug-likeness (QED) is 0.189. The first-order chi connectivity index (χ1) is 17.1. The van der Waals surface area contributed by atoms with Crippen molar-refractivity contribution in [3.63, 3.8) is 0 Å². The molecule has 2 atom stereocenters. The summed E-state index contributed by atoms with van der Waals surface area (Å²) in [6.07, 6.45) is 0.954. The van der Waals surface area contributed by atoms with E-state index in [1.54, 1.807) is 55.5 Å². The number of ketones is 1. The number of benzene rings is 3. The third-order valence-electron chi connectivity index (χ3n) is 5.32. The Bertz CT molecular complexity index is 1290. The first-order valence-corrected chi connectivity index (χ1v) is 11.0. The summed E-state index contributed by atoms with van der Waals surface area (Å²) in [5.41, 5.74) is 7.85. The van der Waals surface area contributed by atoms with Gasteiger partial charge in [0.1, 0.15) is 6.10 Å². The summed E-state index contributed by atoms with van der Waals surface area (Å²) in [5.74, 6) is -2.56. The fourth-order valence-electron chi connectivity index (χ4n) is 3.36. The van der Waals surface area contributed by atoms with Gasteiger partial charge < -0.3 is 20.9 Å². The zero-order chi connectivity index (χ0) is 26.2. The van der Waals surface area contributed by atoms with E-state index in [0.29, 0.717) is 22.6 Å². The van der Waals surface area contributed by atoms with E-state index >= 15 is 0 Å². The van der Waals surface area contributed by atoms with E-state index in [9.17, 15) is 23.9 Å². The lowest BCUT2D eigenvalue weighted by Gasteiger charge is -2.23. The number of nitrogen functional groups attached to an aromatic ring is 1. The second-order valence-electron chi connectivity index (χ2n) is 8.09. The van der Waals surface area contributed by atoms with Gasteiger partial charge in [0.05, 0.1) is 11.4 Å². The van der Waals surface area contributed by atoms with Gasteiger partial charge in [0.25, 0.3) is 0 Å². The van der Waals surface area contributed by atoms with Crippen molar-refractivity contribution in [1.29, 1.82) is 0 Å². The van der Waals surface area contributed by atoms with E-state index in [2.05, 4.69) is 10.6 Å². The molecule has 2 amide bonds. The third-order valence-corrected chi connectivity index (χ3v) is 5.32. The van der Waals surface area contributed by atoms with Crippen LogP contribution in [0.1, 0.15) is 35.9 Å². The molecule has 0 spiro atoms. The Morgan fingerprint density at radius 1 is 1.03 bits per heavy atom. The molecule has 3 aromatic rings. The van der Waals surface area contributed by atoms with E-state index in [4.69, 9.17) is 10.5 Å². The second kappa shape index (κ2) is 11.7. The number of anilines is 3. The number of phenols is 1. The van der Waals surface area contributed by atoms with E-state index < -0.39 is 35.6 Å². The Kier molecular flexibility index (Phi) is 8.40. The van der Waals surface area contributed by atoms with Gasteiger partial charge >= 0.3 is 6.09 Å². The molecule has 3 aromatic carbocycles. The number of halogens is 1. The number of para-hydroxylation sites is 2. The van der Waals surface area contributed by atoms with Crippen LogP contribution in [0.25, 0.3) is 0 Å². The van der Waals surface area contributed by atoms with Gasteiger partial charge in [0.15, 0.2) is 17.3 Å². The van der Waals surface area contributed by atoms with Crippen molar-refractivity contribution in [2.24, 2.45) is 5.92 Å². The van der Waals surface area contributed by atoms with E-state index in [1.165, 1.54) is 25.1 Å². The van der Waals surface area contributed by atoms with Crippen molar-refractivity contribution in [2.75, 3.05) is 16.4 Å². The lowest BCUT2D eigenvalue weighted by atomic mass is 9.96. The van der Waals surface area contributed by atoms with Crippen molar-refractivity contribution >= 4 is 34.8 Å². The van der Waals surface area contributed by atoms with Gasteiger partial charge in [-0.3, -0.25) is 14.9 Å². The van der Waals surface area contributed by atoms with Gasteiger partial charge in [-0.1, -0.05) is 31.2 Å². The van der Waals surface area contributed by atoms with Crippen LogP contribution >= 0.6 is 0 Å². The molecule has 0 saturated heterocycles. The summed E-state index contributed by atoms with van der Waals surface area (Å²) in [5, 5.41) is 14.8. The van der Waals surface area contributed by atoms with Crippen molar-refractivity contribution in [1.82, 2.24) is 0 Å². The van der Waals surface area contributed by atoms with Gasteiger partial charge in [-0.05, 0) is 67.1 Å². The molecular weight excluding hydrogens is 465 g/mol. The van der Waals surface area contributed by atoms with Gasteiger partial charge in [-0.25, -0.2) is 9.18 Å². The van der Waals surface area contributed by atoms with Gasteiger partial charge in [-0.2, -0.15) is 0 Å². The number of nitrogens with one attached hydrogen (secondary N) is 2. The number of hydrogen-bond donors (Lipinski definition) is 4. The Labute approximate surface area is 207 Å². The molecule has 0 aliphatic carbocycles. The van der Waals surface area contributed by atoms with Crippen LogP contribution < -0.4 is 16.4 Å². The standard InChI is InChI=1S/C27H26FN3O5/c1-16(7-14-25(34)31-23-6-4-3-5-22(23)29)26(19-10-13-24(33)21(28)15-19)36-27(35)30-20-11-8-18(9-12-20)17(2)32/h3-16,26,33H,29H2,1-2H3,(H,30,35)(H,31,34)/b14-7+/t16-,26+/m1/s1. The number of Topliss-reactive ketones (excluding diaryl/α,β-unsaturated/α-hetero) is 1. The number of amides is 2. The fraction of sp³-hybridized carbons (Fsp3) is 0.148. The summed E-state index contributed by atoms with van der Waals surface area (Å²) in [4.78, 5) is 36.4. The van der Waals surface area contributed by atoms with Crippen LogP contribution in [-0.2, 0) is 9.53 Å². The van der Waals surface area contributed by atoms with Gasteiger partial charge in [0, 0.05) is 17.2 Å². The van der Waals surface area contributed by atoms with Crippen molar-refractivity contribution < 1.29 is 28.6 Å². The predicted octanol–water partition coefficient (Wildman–Crippen LogP) is 5.44. The molecule has 0 heterocycles. The van der Waals surface area contributed by atoms with Crippen LogP contribution in [0.2, 0.25) is 0 Å². The molecule has 0 unspecified atom stereocenters. The number of carbonyl (C=O) groups excluding carboxylic acids is 3. The number of hydrogen-bond acceptors (Lipinski definition) is 6. The number of rotatable bonds is 8. The highest BCUT2D eigenvalue weighted by molar-refractivity contribution is 6.01. The zero-order valence-electron chi connectivity index (χ0n) is 19.7. The largest absolute Gasteiger partial charge is 0.505 e. The molecule has 0 radical (unpaired) electrons. The summed E-state index contributed by atoms with van der Waals surface area (Å²) >= 11 is 0. The first kappa shape index (κ1) is 26.0. The van der Waals surface area contributed by atoms with E-state index in [1.807, 2.05) is 0 Å². The minimum atomic E-state index is -0.998. The Hall–Kier alpha value is -4.66. The third kappa shape index (κ3) is 6.92. The molecule has 9 heteroatoms. The minimum absolute atomic E-state index is 0.113. The molecule has 3 rings (SSSR count). The second-order valence-corrected chi connectivity index (χ2v) is 8.09. The maximum absolute atomic E-state index is 14.1. The average Bonchev–Trinajstić information content (AvgIpc) is 2.84. The Morgan fingerprint density at radius 3 is 2.36 bits per heavy atom. The van der Waals surface area contributed by atoms with Crippen LogP contribution in [0.15, 0.2) is 78.9 Å². The maximum Gasteiger partial charge on any atom is 0.412 e. The summed E-state index contributed by atoms with van der Waals surface area (Å²) < 4.78 is 19.6. The number of phenolic OH excluding ortho intramolecular Hbond substituents is 1. The summed E-state index contributed by atoms with van der Waals surface area (Å²) in [6, 6.07) is 16.6. The molecule has 0 bridgehead atoms. The molecule has 8 nitrogen and oxygen atoms in total. The van der Waals surface area contributed by atoms with Crippen LogP contribution in [0.3, 0.4) is 0 Å². The molecule has 0 fully saturated rings. The number of carbonyl (C=O) groups is 3. The molecule has 5 N–H and O–H groups in total. The SMILES string of the molecule is CC(=O)c1ccc(NC(=O)O[C@H](c2ccc(O)c(F)c2)[C@H](C)/C=C/C(=O)Nc2ccccc2N)cc1. The van der Waals surface area contributed by atoms with Crippen molar-refractivity contribution in [2.45, 2.75) is 20.0 Å². The molecular formula is C27H26FN3O5. The number of nitrogens with two attached hydrogens (primary N) is 1. The smallest absolute Gasteiger partial charge is 0.412 e. The molecule has 36 heavy (non-hydrogen) atoms. The monoisotopic (exact) mass is 491 g/mol. The van der Waals surface area contributed by atoms with Crippen LogP contribution in [0, 0.1) is 11.7 Å². The summed E-state index contributed by atoms with van der Waals surface area (Å²) in [7, 11) is 0. The minimum Gasteiger partial charge on any atom is -0.505 e. The molecule has 0 aromatic heterocycles. The lowest BCUT2D eigenvalue weighted by molar-refractivity contribution is -0.111. The molecule has 0 saturated carbocycles. The maximum atomic E-state index is 14.1. The van der Waals surface area contributed by atoms with Gasteiger partial charge in [-0.15, -0.1) is 0 Å². The number of ether oxygens (including phenoxy) is 1. The lowest BCUT2D eigenvalue weighted by Crippen LogP contribution is -2.21. The van der Waals surface area contributed by atoms with Crippen LogP contribution in [-0.4, -0.2) is 22.9 Å². The molecule has 0 aliphatic heterocycles. The first-order valence-electron chi connectivity index (χ1n) is 11.0. The van der Waals surface area contributed by atoms with Crippen LogP contribution in [0.5, 0.6) is 5.75 Å². The topological polar surface area (TPSA) is 131 Å². The Morgan fingerprint density at radius 2 is 1.72 bits per heavy atom. The zero-order valence-corrected chi connectivity index (χ0v) is 19.7. The molecule has 0 aliphatic rings. The van der Waals surface area contributed by atoms with Crippen LogP contribution in [0.4, 0.5) is 26.2 Å². The van der Waals surface area contributed by atoms with E-state index in [-0.39, 0.29) is 11.3 Å². The normalized spacial score (nSPS) is 12.5. The Balaban J connectivity index is 1.76. The van der Waals surface area contributed by atoms with Crippen molar-refractivity contribution in [3.05, 3.63) is 95.8 Å². The molecule has 186 valence electrons. The summed E-state index contributed by atoms with van der Waals surface area (Å²) in [6.45, 7) is 3.12. The van der Waals surface area contributed by atoms with E-state index in [0.717, 1.165) is 12.1 Å². The van der Waals surface area contributed by atoms with Crippen molar-refractivity contribution in [3.8, 4) is 5.75 Å². The highest BCUT2D eigenvalue weighted by atomic mass is 19.1. The highest BCUT2D eigenvalue weighted by Crippen LogP contribution is 2.30. The number of aromatic hydroxyl groups is 1. The fourth-order valence-corrected chi connectivity index (χ4v) is 3.36. The predicted molar refractivity (Wildman–Crippen MR) is 135 cm³/mol. The van der Waals surface area contributed by atoms with Gasteiger partial charge in [0.2, 0.25) is 5.91 Å². The average molecular weight is 492 g/mol.